The van der Waals surface area contributed by atoms with Gasteiger partial charge in [0.05, 0.1) is 0 Å². The fourth-order valence-corrected chi connectivity index (χ4v) is 3.09. The van der Waals surface area contributed by atoms with Crippen LogP contribution in [0, 0.1) is 6.92 Å². The monoisotopic (exact) mass is 298 g/mol. The van der Waals surface area contributed by atoms with Crippen LogP contribution in [0.2, 0.25) is 0 Å². The molecule has 0 aromatic heterocycles. The van der Waals surface area contributed by atoms with Crippen LogP contribution in [0.1, 0.15) is 36.8 Å². The van der Waals surface area contributed by atoms with Crippen LogP contribution < -0.4 is 5.32 Å². The minimum Gasteiger partial charge on any atom is -0.273 e. The number of imide groups is 2. The average Bonchev–Trinajstić information content (AvgIpc) is 2.97. The molecule has 1 saturated carbocycles. The molecule has 0 spiro atoms. The first-order chi connectivity index (χ1) is 10.6. The summed E-state index contributed by atoms with van der Waals surface area (Å²) in [6, 6.07) is 6.84. The van der Waals surface area contributed by atoms with Gasteiger partial charge >= 0.3 is 6.03 Å². The Kier molecular flexibility index (Phi) is 3.79. The molecule has 0 unspecified atom stereocenters. The van der Waals surface area contributed by atoms with Gasteiger partial charge in [0.25, 0.3) is 11.8 Å². The fourth-order valence-electron chi connectivity index (χ4n) is 3.09. The summed E-state index contributed by atoms with van der Waals surface area (Å²) in [6.45, 7) is 1.94. The van der Waals surface area contributed by atoms with E-state index >= 15 is 0 Å². The molecule has 2 fully saturated rings. The van der Waals surface area contributed by atoms with Gasteiger partial charge in [0.15, 0.2) is 0 Å². The summed E-state index contributed by atoms with van der Waals surface area (Å²) in [5.41, 5.74) is 1.85. The number of rotatable bonds is 2. The molecule has 0 atom stereocenters. The Morgan fingerprint density at radius 3 is 2.59 bits per heavy atom. The molecule has 1 aromatic rings. The van der Waals surface area contributed by atoms with E-state index < -0.39 is 17.8 Å². The summed E-state index contributed by atoms with van der Waals surface area (Å²) < 4.78 is 0. The van der Waals surface area contributed by atoms with E-state index in [4.69, 9.17) is 0 Å². The number of hydrogen-bond acceptors (Lipinski definition) is 3. The lowest BCUT2D eigenvalue weighted by Gasteiger charge is -2.31. The highest BCUT2D eigenvalue weighted by molar-refractivity contribution is 6.31. The molecule has 1 saturated heterocycles. The van der Waals surface area contributed by atoms with Crippen LogP contribution in [0.15, 0.2) is 29.8 Å². The Morgan fingerprint density at radius 2 is 1.91 bits per heavy atom. The van der Waals surface area contributed by atoms with Gasteiger partial charge in [0.1, 0.15) is 5.57 Å². The van der Waals surface area contributed by atoms with Gasteiger partial charge in [-0.1, -0.05) is 42.7 Å². The standard InChI is InChI=1S/C17H18N2O3/c1-11-5-4-6-12(9-11)10-14-15(20)18-17(22)19(16(14)21)13-7-2-3-8-13/h4-6,9-10,13H,2-3,7-8H2,1H3,(H,18,20,22)/b14-10+. The van der Waals surface area contributed by atoms with Crippen LogP contribution in [0.3, 0.4) is 0 Å². The van der Waals surface area contributed by atoms with Gasteiger partial charge in [-0.05, 0) is 31.4 Å². The molecule has 2 aliphatic rings. The molecule has 1 aliphatic carbocycles. The molecule has 1 aromatic carbocycles. The van der Waals surface area contributed by atoms with E-state index in [1.165, 1.54) is 4.90 Å². The molecule has 5 heteroatoms. The predicted molar refractivity (Wildman–Crippen MR) is 81.8 cm³/mol. The molecular weight excluding hydrogens is 280 g/mol. The van der Waals surface area contributed by atoms with Crippen molar-refractivity contribution in [3.63, 3.8) is 0 Å². The first-order valence-corrected chi connectivity index (χ1v) is 7.53. The minimum absolute atomic E-state index is 0.0251. The van der Waals surface area contributed by atoms with Gasteiger partial charge < -0.3 is 0 Å². The first-order valence-electron chi connectivity index (χ1n) is 7.53. The zero-order valence-corrected chi connectivity index (χ0v) is 12.5. The second-order valence-electron chi connectivity index (χ2n) is 5.84. The molecule has 3 rings (SSSR count). The molecule has 1 N–H and O–H groups in total. The smallest absolute Gasteiger partial charge is 0.273 e. The Hall–Kier alpha value is -2.43. The third-order valence-corrected chi connectivity index (χ3v) is 4.18. The summed E-state index contributed by atoms with van der Waals surface area (Å²) in [7, 11) is 0. The number of benzene rings is 1. The van der Waals surface area contributed by atoms with Crippen molar-refractivity contribution in [3.05, 3.63) is 41.0 Å². The van der Waals surface area contributed by atoms with E-state index in [0.717, 1.165) is 36.8 Å². The van der Waals surface area contributed by atoms with Gasteiger partial charge in [-0.3, -0.25) is 19.8 Å². The van der Waals surface area contributed by atoms with Gasteiger partial charge in [-0.2, -0.15) is 0 Å². The molecule has 22 heavy (non-hydrogen) atoms. The van der Waals surface area contributed by atoms with Crippen LogP contribution in [-0.2, 0) is 9.59 Å². The highest BCUT2D eigenvalue weighted by atomic mass is 16.2. The van der Waals surface area contributed by atoms with Crippen LogP contribution in [0.5, 0.6) is 0 Å². The van der Waals surface area contributed by atoms with E-state index in [-0.39, 0.29) is 11.6 Å². The van der Waals surface area contributed by atoms with Crippen molar-refractivity contribution in [2.45, 2.75) is 38.6 Å². The third-order valence-electron chi connectivity index (χ3n) is 4.18. The highest BCUT2D eigenvalue weighted by Crippen LogP contribution is 2.27. The lowest BCUT2D eigenvalue weighted by molar-refractivity contribution is -0.131. The van der Waals surface area contributed by atoms with Gasteiger partial charge in [-0.25, -0.2) is 4.79 Å². The van der Waals surface area contributed by atoms with Crippen molar-refractivity contribution in [1.82, 2.24) is 10.2 Å². The zero-order chi connectivity index (χ0) is 15.7. The SMILES string of the molecule is Cc1cccc(/C=C2\C(=O)NC(=O)N(C3CCCC3)C2=O)c1. The van der Waals surface area contributed by atoms with Crippen molar-refractivity contribution in [1.29, 1.82) is 0 Å². The van der Waals surface area contributed by atoms with E-state index in [0.29, 0.717) is 0 Å². The highest BCUT2D eigenvalue weighted by Gasteiger charge is 2.40. The average molecular weight is 298 g/mol. The Labute approximate surface area is 129 Å². The van der Waals surface area contributed by atoms with Crippen LogP contribution in [0.25, 0.3) is 6.08 Å². The number of carbonyl (C=O) groups excluding carboxylic acids is 3. The Bertz CT molecular complexity index is 672. The molecular formula is C17H18N2O3. The molecule has 5 nitrogen and oxygen atoms in total. The van der Waals surface area contributed by atoms with E-state index in [1.54, 1.807) is 6.08 Å². The second kappa shape index (κ2) is 5.75. The summed E-state index contributed by atoms with van der Waals surface area (Å²) in [5.74, 6) is -1.10. The first kappa shape index (κ1) is 14.5. The Balaban J connectivity index is 1.94. The van der Waals surface area contributed by atoms with E-state index in [2.05, 4.69) is 5.32 Å². The van der Waals surface area contributed by atoms with Gasteiger partial charge in [0.2, 0.25) is 0 Å². The van der Waals surface area contributed by atoms with E-state index in [1.807, 2.05) is 31.2 Å². The fraction of sp³-hybridized carbons (Fsp3) is 0.353. The van der Waals surface area contributed by atoms with Crippen molar-refractivity contribution in [3.8, 4) is 0 Å². The summed E-state index contributed by atoms with van der Waals surface area (Å²) >= 11 is 0. The van der Waals surface area contributed by atoms with Gasteiger partial charge in [0, 0.05) is 6.04 Å². The molecule has 114 valence electrons. The second-order valence-corrected chi connectivity index (χ2v) is 5.84. The van der Waals surface area contributed by atoms with Gasteiger partial charge in [-0.15, -0.1) is 0 Å². The number of urea groups is 1. The largest absolute Gasteiger partial charge is 0.331 e. The summed E-state index contributed by atoms with van der Waals surface area (Å²) in [5, 5.41) is 2.28. The zero-order valence-electron chi connectivity index (χ0n) is 12.5. The number of hydrogen-bond donors (Lipinski definition) is 1. The van der Waals surface area contributed by atoms with Crippen LogP contribution in [0.4, 0.5) is 4.79 Å². The lowest BCUT2D eigenvalue weighted by Crippen LogP contribution is -2.57. The van der Waals surface area contributed by atoms with Crippen LogP contribution >= 0.6 is 0 Å². The number of amides is 4. The molecule has 0 bridgehead atoms. The molecule has 0 radical (unpaired) electrons. The van der Waals surface area contributed by atoms with Crippen molar-refractivity contribution in [2.75, 3.05) is 0 Å². The number of carbonyl (C=O) groups is 3. The molecule has 1 heterocycles. The maximum atomic E-state index is 12.6. The number of aryl methyl sites for hydroxylation is 1. The topological polar surface area (TPSA) is 66.5 Å². The van der Waals surface area contributed by atoms with Crippen molar-refractivity contribution in [2.24, 2.45) is 0 Å². The maximum Gasteiger partial charge on any atom is 0.331 e. The summed E-state index contributed by atoms with van der Waals surface area (Å²) in [4.78, 5) is 37.8. The van der Waals surface area contributed by atoms with Crippen LogP contribution in [-0.4, -0.2) is 28.8 Å². The number of nitrogens with zero attached hydrogens (tertiary/aromatic N) is 1. The minimum atomic E-state index is -0.620. The summed E-state index contributed by atoms with van der Waals surface area (Å²) in [6.07, 6.45) is 5.19. The quantitative estimate of drug-likeness (QED) is 0.673. The number of nitrogens with one attached hydrogen (secondary N) is 1. The van der Waals surface area contributed by atoms with Crippen molar-refractivity contribution < 1.29 is 14.4 Å². The van der Waals surface area contributed by atoms with E-state index in [9.17, 15) is 14.4 Å². The molecule has 4 amide bonds. The maximum absolute atomic E-state index is 12.6. The third kappa shape index (κ3) is 2.66. The number of barbiturate groups is 1. The Morgan fingerprint density at radius 1 is 1.18 bits per heavy atom. The predicted octanol–water partition coefficient (Wildman–Crippen LogP) is 2.40. The molecule has 1 aliphatic heterocycles. The van der Waals surface area contributed by atoms with Crippen molar-refractivity contribution >= 4 is 23.9 Å². The normalized spacial score (nSPS) is 21.6. The lowest BCUT2D eigenvalue weighted by atomic mass is 10.0.